The molecule has 2 unspecified atom stereocenters. The predicted octanol–water partition coefficient (Wildman–Crippen LogP) is 4.33. The van der Waals surface area contributed by atoms with E-state index in [9.17, 15) is 0 Å². The minimum absolute atomic E-state index is 0.0759. The minimum atomic E-state index is -0.422. The highest BCUT2D eigenvalue weighted by atomic mass is 17.2. The standard InChI is InChI=1S/C22H27NO3/c1-22-19(21(25-26-22)13-14-24-2)15-20(18-11-7-4-8-12-18)23(22)16-17-9-5-3-6-10-17/h3-12,19-21H,13-16H2,1-2H3/t19-,20?,21?,22+/m0/s1. The zero-order valence-electron chi connectivity index (χ0n) is 15.5. The maximum absolute atomic E-state index is 5.98. The van der Waals surface area contributed by atoms with Gasteiger partial charge in [0.2, 0.25) is 0 Å². The number of nitrogens with zero attached hydrogens (tertiary/aromatic N) is 1. The summed E-state index contributed by atoms with van der Waals surface area (Å²) in [5, 5.41) is 0. The fourth-order valence-corrected chi connectivity index (χ4v) is 4.46. The van der Waals surface area contributed by atoms with Crippen LogP contribution >= 0.6 is 0 Å². The lowest BCUT2D eigenvalue weighted by Gasteiger charge is -2.35. The van der Waals surface area contributed by atoms with E-state index >= 15 is 0 Å². The predicted molar refractivity (Wildman–Crippen MR) is 100 cm³/mol. The summed E-state index contributed by atoms with van der Waals surface area (Å²) in [6.45, 7) is 3.71. The Morgan fingerprint density at radius 3 is 2.46 bits per heavy atom. The van der Waals surface area contributed by atoms with E-state index in [1.807, 2.05) is 0 Å². The zero-order valence-corrected chi connectivity index (χ0v) is 15.5. The van der Waals surface area contributed by atoms with Crippen LogP contribution in [0.25, 0.3) is 0 Å². The molecule has 4 heteroatoms. The van der Waals surface area contributed by atoms with Gasteiger partial charge in [0.15, 0.2) is 5.72 Å². The molecular formula is C22H27NO3. The summed E-state index contributed by atoms with van der Waals surface area (Å²) in [7, 11) is 1.73. The van der Waals surface area contributed by atoms with Crippen LogP contribution in [-0.4, -0.2) is 30.4 Å². The van der Waals surface area contributed by atoms with Crippen molar-refractivity contribution in [2.24, 2.45) is 5.92 Å². The second kappa shape index (κ2) is 7.49. The van der Waals surface area contributed by atoms with Crippen LogP contribution in [0, 0.1) is 5.92 Å². The van der Waals surface area contributed by atoms with Gasteiger partial charge in [-0.15, -0.1) is 0 Å². The number of likely N-dealkylation sites (tertiary alicyclic amines) is 1. The van der Waals surface area contributed by atoms with Crippen molar-refractivity contribution in [2.75, 3.05) is 13.7 Å². The monoisotopic (exact) mass is 353 g/mol. The molecule has 0 amide bonds. The highest BCUT2D eigenvalue weighted by Crippen LogP contribution is 2.53. The summed E-state index contributed by atoms with van der Waals surface area (Å²) in [5.74, 6) is 0.326. The van der Waals surface area contributed by atoms with E-state index < -0.39 is 5.72 Å². The van der Waals surface area contributed by atoms with Crippen LogP contribution in [0.4, 0.5) is 0 Å². The van der Waals surface area contributed by atoms with Crippen molar-refractivity contribution in [2.45, 2.75) is 44.2 Å². The van der Waals surface area contributed by atoms with Crippen LogP contribution in [0.5, 0.6) is 0 Å². The summed E-state index contributed by atoms with van der Waals surface area (Å²) in [6, 6.07) is 21.7. The molecule has 4 atom stereocenters. The lowest BCUT2D eigenvalue weighted by Crippen LogP contribution is -2.45. The maximum atomic E-state index is 5.98. The second-order valence-electron chi connectivity index (χ2n) is 7.44. The fourth-order valence-electron chi connectivity index (χ4n) is 4.46. The van der Waals surface area contributed by atoms with Crippen LogP contribution < -0.4 is 0 Å². The number of methoxy groups -OCH3 is 1. The summed E-state index contributed by atoms with van der Waals surface area (Å²) in [5.41, 5.74) is 2.21. The Morgan fingerprint density at radius 1 is 1.08 bits per heavy atom. The summed E-state index contributed by atoms with van der Waals surface area (Å²) < 4.78 is 5.27. The first kappa shape index (κ1) is 17.7. The van der Waals surface area contributed by atoms with E-state index in [-0.39, 0.29) is 6.10 Å². The highest BCUT2D eigenvalue weighted by molar-refractivity contribution is 5.24. The first-order valence-electron chi connectivity index (χ1n) is 9.41. The van der Waals surface area contributed by atoms with E-state index in [1.165, 1.54) is 11.1 Å². The molecule has 2 aliphatic rings. The molecule has 2 aromatic carbocycles. The normalized spacial score (nSPS) is 31.2. The number of hydrogen-bond acceptors (Lipinski definition) is 4. The highest BCUT2D eigenvalue weighted by Gasteiger charge is 2.59. The number of ether oxygens (including phenoxy) is 1. The molecule has 4 nitrogen and oxygen atoms in total. The molecule has 0 saturated carbocycles. The number of benzene rings is 2. The Labute approximate surface area is 155 Å². The van der Waals surface area contributed by atoms with Crippen molar-refractivity contribution < 1.29 is 14.5 Å². The third-order valence-corrected chi connectivity index (χ3v) is 5.89. The van der Waals surface area contributed by atoms with Crippen LogP contribution in [0.2, 0.25) is 0 Å². The minimum Gasteiger partial charge on any atom is -0.385 e. The van der Waals surface area contributed by atoms with Gasteiger partial charge in [0, 0.05) is 38.6 Å². The SMILES string of the molecule is COCCC1OO[C@]2(C)[C@H]1CC(c1ccccc1)N2Cc1ccccc1. The topological polar surface area (TPSA) is 30.9 Å². The third kappa shape index (κ3) is 3.19. The van der Waals surface area contributed by atoms with Gasteiger partial charge >= 0.3 is 0 Å². The van der Waals surface area contributed by atoms with Crippen molar-refractivity contribution in [1.29, 1.82) is 0 Å². The summed E-state index contributed by atoms with van der Waals surface area (Å²) in [6.07, 6.45) is 1.96. The quantitative estimate of drug-likeness (QED) is 0.723. The first-order chi connectivity index (χ1) is 12.7. The molecule has 2 aromatic rings. The van der Waals surface area contributed by atoms with Crippen LogP contribution in [0.1, 0.15) is 36.9 Å². The van der Waals surface area contributed by atoms with Crippen LogP contribution in [0.15, 0.2) is 60.7 Å². The Balaban J connectivity index is 1.64. The average molecular weight is 353 g/mol. The van der Waals surface area contributed by atoms with Gasteiger partial charge in [-0.1, -0.05) is 60.7 Å². The molecule has 26 heavy (non-hydrogen) atoms. The first-order valence-corrected chi connectivity index (χ1v) is 9.41. The largest absolute Gasteiger partial charge is 0.385 e. The van der Waals surface area contributed by atoms with Gasteiger partial charge < -0.3 is 4.74 Å². The molecule has 138 valence electrons. The Bertz CT molecular complexity index is 708. The maximum Gasteiger partial charge on any atom is 0.160 e. The van der Waals surface area contributed by atoms with E-state index in [2.05, 4.69) is 72.5 Å². The van der Waals surface area contributed by atoms with Gasteiger partial charge in [0.1, 0.15) is 6.10 Å². The molecule has 0 aromatic heterocycles. The molecule has 2 saturated heterocycles. The molecule has 0 spiro atoms. The van der Waals surface area contributed by atoms with E-state index in [1.54, 1.807) is 7.11 Å². The van der Waals surface area contributed by atoms with Crippen molar-refractivity contribution in [1.82, 2.24) is 4.90 Å². The van der Waals surface area contributed by atoms with Gasteiger partial charge in [-0.3, -0.25) is 4.90 Å². The van der Waals surface area contributed by atoms with Crippen LogP contribution in [-0.2, 0) is 21.1 Å². The third-order valence-electron chi connectivity index (χ3n) is 5.89. The van der Waals surface area contributed by atoms with Gasteiger partial charge in [-0.25, -0.2) is 9.78 Å². The zero-order chi connectivity index (χ0) is 18.0. The molecular weight excluding hydrogens is 326 g/mol. The van der Waals surface area contributed by atoms with Gasteiger partial charge in [-0.2, -0.15) is 0 Å². The fraction of sp³-hybridized carbons (Fsp3) is 0.455. The number of hydrogen-bond donors (Lipinski definition) is 0. The number of rotatable bonds is 6. The van der Waals surface area contributed by atoms with E-state index in [4.69, 9.17) is 14.5 Å². The molecule has 0 bridgehead atoms. The lowest BCUT2D eigenvalue weighted by molar-refractivity contribution is -0.355. The molecule has 0 radical (unpaired) electrons. The molecule has 2 heterocycles. The van der Waals surface area contributed by atoms with Crippen molar-refractivity contribution in [3.63, 3.8) is 0 Å². The number of fused-ring (bicyclic) bond motifs is 1. The lowest BCUT2D eigenvalue weighted by atomic mass is 9.89. The van der Waals surface area contributed by atoms with Crippen LogP contribution in [0.3, 0.4) is 0 Å². The smallest absolute Gasteiger partial charge is 0.160 e. The molecule has 2 aliphatic heterocycles. The summed E-state index contributed by atoms with van der Waals surface area (Å²) >= 11 is 0. The molecule has 4 rings (SSSR count). The van der Waals surface area contributed by atoms with E-state index in [0.717, 1.165) is 19.4 Å². The van der Waals surface area contributed by atoms with Gasteiger partial charge in [-0.05, 0) is 24.5 Å². The molecule has 0 aliphatic carbocycles. The molecule has 2 fully saturated rings. The Kier molecular flexibility index (Phi) is 5.09. The average Bonchev–Trinajstić information content (AvgIpc) is 3.15. The summed E-state index contributed by atoms with van der Waals surface area (Å²) in [4.78, 5) is 14.2. The van der Waals surface area contributed by atoms with Gasteiger partial charge in [0.05, 0.1) is 0 Å². The van der Waals surface area contributed by atoms with Gasteiger partial charge in [0.25, 0.3) is 0 Å². The Morgan fingerprint density at radius 2 is 1.77 bits per heavy atom. The second-order valence-corrected chi connectivity index (χ2v) is 7.44. The van der Waals surface area contributed by atoms with Crippen molar-refractivity contribution >= 4 is 0 Å². The van der Waals surface area contributed by atoms with Crippen molar-refractivity contribution in [3.8, 4) is 0 Å². The Hall–Kier alpha value is -1.72. The van der Waals surface area contributed by atoms with E-state index in [0.29, 0.717) is 18.6 Å². The van der Waals surface area contributed by atoms with Crippen molar-refractivity contribution in [3.05, 3.63) is 71.8 Å². The molecule has 0 N–H and O–H groups in total.